The molecule has 0 spiro atoms. The highest BCUT2D eigenvalue weighted by Gasteiger charge is 2.40. The number of amides is 2. The fourth-order valence-corrected chi connectivity index (χ4v) is 2.74. The second-order valence-electron chi connectivity index (χ2n) is 7.99. The smallest absolute Gasteiger partial charge is 0.420 e. The number of hydrogen-bond donors (Lipinski definition) is 3. The van der Waals surface area contributed by atoms with Crippen LogP contribution in [0.3, 0.4) is 0 Å². The Balaban J connectivity index is 5.39. The molecule has 0 aromatic rings. The van der Waals surface area contributed by atoms with Gasteiger partial charge in [0.2, 0.25) is 0 Å². The summed E-state index contributed by atoms with van der Waals surface area (Å²) in [5.41, 5.74) is 3.48. The van der Waals surface area contributed by atoms with Gasteiger partial charge >= 0.3 is 24.1 Å². The van der Waals surface area contributed by atoms with Crippen LogP contribution >= 0.6 is 11.8 Å². The molecular weight excluding hydrogens is 392 g/mol. The summed E-state index contributed by atoms with van der Waals surface area (Å²) < 4.78 is 10.3. The number of carbonyl (C=O) groups excluding carboxylic acids is 2. The lowest BCUT2D eigenvalue weighted by Crippen LogP contribution is -2.52. The molecule has 0 bridgehead atoms. The molecule has 10 nitrogen and oxygen atoms in total. The van der Waals surface area contributed by atoms with Crippen LogP contribution in [0.4, 0.5) is 9.59 Å². The fraction of sp³-hybridized carbons (Fsp3) is 0.765. The van der Waals surface area contributed by atoms with Crippen LogP contribution in [-0.4, -0.2) is 74.0 Å². The second kappa shape index (κ2) is 10.5. The lowest BCUT2D eigenvalue weighted by Gasteiger charge is -2.31. The van der Waals surface area contributed by atoms with Gasteiger partial charge in [0.1, 0.15) is 23.3 Å². The molecule has 11 heteroatoms. The number of thioether (sulfide) groups is 1. The predicted molar refractivity (Wildman–Crippen MR) is 103 cm³/mol. The monoisotopic (exact) mass is 422 g/mol. The first kappa shape index (κ1) is 26.0. The summed E-state index contributed by atoms with van der Waals surface area (Å²) in [7, 11) is 0. The van der Waals surface area contributed by atoms with E-state index in [2.05, 4.69) is 0 Å². The zero-order chi connectivity index (χ0) is 22.3. The molecule has 0 saturated carbocycles. The van der Waals surface area contributed by atoms with Gasteiger partial charge in [-0.15, -0.1) is 0 Å². The van der Waals surface area contributed by atoms with Gasteiger partial charge < -0.3 is 25.4 Å². The van der Waals surface area contributed by atoms with Crippen molar-refractivity contribution in [1.82, 2.24) is 4.90 Å². The van der Waals surface area contributed by atoms with Crippen molar-refractivity contribution in [2.75, 3.05) is 11.5 Å². The van der Waals surface area contributed by atoms with Crippen LogP contribution in [0.5, 0.6) is 0 Å². The molecule has 2 amide bonds. The van der Waals surface area contributed by atoms with E-state index in [1.54, 1.807) is 41.5 Å². The number of nitrogens with zero attached hydrogens (tertiary/aromatic N) is 1. The molecule has 0 heterocycles. The molecule has 2 atom stereocenters. The summed E-state index contributed by atoms with van der Waals surface area (Å²) in [6, 6.07) is -2.64. The standard InChI is InChI=1S/C17H30N2O8S/c1-16(2,3)26-14(24)19(15(25)27-17(4,5)6)11(13(22)23)7-8-28-9-10(18)12(20)21/h10-11H,7-9,18H2,1-6H3,(H,20,21)(H,22,23)/t10-,11-/m0/s1. The van der Waals surface area contributed by atoms with Gasteiger partial charge in [0.05, 0.1) is 0 Å². The van der Waals surface area contributed by atoms with E-state index in [0.717, 1.165) is 11.8 Å². The molecule has 0 radical (unpaired) electrons. The van der Waals surface area contributed by atoms with Crippen LogP contribution in [0.15, 0.2) is 0 Å². The van der Waals surface area contributed by atoms with E-state index in [1.807, 2.05) is 0 Å². The Morgan fingerprint density at radius 2 is 1.36 bits per heavy atom. The first-order chi connectivity index (χ1) is 12.5. The van der Waals surface area contributed by atoms with Crippen molar-refractivity contribution in [1.29, 1.82) is 0 Å². The number of carboxylic acids is 2. The highest BCUT2D eigenvalue weighted by atomic mass is 32.2. The Kier molecular flexibility index (Phi) is 9.76. The molecule has 0 aromatic carbocycles. The largest absolute Gasteiger partial charge is 0.480 e. The first-order valence-corrected chi connectivity index (χ1v) is 9.74. The van der Waals surface area contributed by atoms with Gasteiger partial charge in [0, 0.05) is 5.75 Å². The second-order valence-corrected chi connectivity index (χ2v) is 9.14. The van der Waals surface area contributed by atoms with E-state index in [9.17, 15) is 24.3 Å². The SMILES string of the molecule is CC(C)(C)OC(=O)N(C(=O)OC(C)(C)C)[C@@H](CCSC[C@H](N)C(=O)O)C(=O)O. The quantitative estimate of drug-likeness (QED) is 0.495. The minimum absolute atomic E-state index is 0.0561. The van der Waals surface area contributed by atoms with Crippen molar-refractivity contribution in [3.05, 3.63) is 0 Å². The topological polar surface area (TPSA) is 156 Å². The number of imide groups is 1. The van der Waals surface area contributed by atoms with Gasteiger partial charge in [-0.3, -0.25) is 4.79 Å². The summed E-state index contributed by atoms with van der Waals surface area (Å²) in [4.78, 5) is 47.9. The van der Waals surface area contributed by atoms with Gasteiger partial charge in [-0.05, 0) is 53.7 Å². The van der Waals surface area contributed by atoms with Gasteiger partial charge in [-0.25, -0.2) is 14.4 Å². The summed E-state index contributed by atoms with van der Waals surface area (Å²) in [6.45, 7) is 9.48. The molecule has 0 rings (SSSR count). The van der Waals surface area contributed by atoms with Crippen LogP contribution in [0.1, 0.15) is 48.0 Å². The average molecular weight is 423 g/mol. The Hall–Kier alpha value is -2.01. The predicted octanol–water partition coefficient (Wildman–Crippen LogP) is 2.15. The van der Waals surface area contributed by atoms with E-state index in [0.29, 0.717) is 4.90 Å². The molecule has 162 valence electrons. The van der Waals surface area contributed by atoms with Crippen molar-refractivity contribution in [2.45, 2.75) is 71.2 Å². The molecule has 28 heavy (non-hydrogen) atoms. The lowest BCUT2D eigenvalue weighted by atomic mass is 10.2. The third kappa shape index (κ3) is 10.4. The fourth-order valence-electron chi connectivity index (χ4n) is 1.79. The van der Waals surface area contributed by atoms with Gasteiger partial charge in [-0.2, -0.15) is 16.7 Å². The van der Waals surface area contributed by atoms with Crippen LogP contribution in [0.25, 0.3) is 0 Å². The van der Waals surface area contributed by atoms with Crippen molar-refractivity contribution in [3.8, 4) is 0 Å². The minimum Gasteiger partial charge on any atom is -0.480 e. The van der Waals surface area contributed by atoms with Crippen LogP contribution in [-0.2, 0) is 19.1 Å². The molecule has 0 aliphatic rings. The van der Waals surface area contributed by atoms with E-state index < -0.39 is 47.4 Å². The van der Waals surface area contributed by atoms with Crippen molar-refractivity contribution >= 4 is 35.9 Å². The Morgan fingerprint density at radius 3 is 1.68 bits per heavy atom. The van der Waals surface area contributed by atoms with E-state index >= 15 is 0 Å². The summed E-state index contributed by atoms with van der Waals surface area (Å²) in [6.07, 6.45) is -2.41. The maximum atomic E-state index is 12.5. The van der Waals surface area contributed by atoms with Crippen molar-refractivity contribution in [2.24, 2.45) is 5.73 Å². The highest BCUT2D eigenvalue weighted by Crippen LogP contribution is 2.20. The maximum absolute atomic E-state index is 12.5. The van der Waals surface area contributed by atoms with Crippen LogP contribution in [0.2, 0.25) is 0 Å². The summed E-state index contributed by atoms with van der Waals surface area (Å²) >= 11 is 1.10. The van der Waals surface area contributed by atoms with Crippen LogP contribution in [0, 0.1) is 0 Å². The van der Waals surface area contributed by atoms with Crippen LogP contribution < -0.4 is 5.73 Å². The molecule has 0 aliphatic carbocycles. The lowest BCUT2D eigenvalue weighted by molar-refractivity contribution is -0.143. The minimum atomic E-state index is -1.54. The Labute approximate surface area is 168 Å². The van der Waals surface area contributed by atoms with Gasteiger partial charge in [-0.1, -0.05) is 0 Å². The average Bonchev–Trinajstić information content (AvgIpc) is 2.45. The zero-order valence-electron chi connectivity index (χ0n) is 17.1. The molecule has 0 fully saturated rings. The summed E-state index contributed by atoms with van der Waals surface area (Å²) in [5, 5.41) is 18.3. The third-order valence-corrected chi connectivity index (χ3v) is 4.05. The molecule has 0 saturated heterocycles. The number of carbonyl (C=O) groups is 4. The Morgan fingerprint density at radius 1 is 0.929 bits per heavy atom. The molecule has 0 aromatic heterocycles. The third-order valence-electron chi connectivity index (χ3n) is 2.93. The van der Waals surface area contributed by atoms with E-state index in [-0.39, 0.29) is 17.9 Å². The normalized spacial score (nSPS) is 14.0. The van der Waals surface area contributed by atoms with Gasteiger partial charge in [0.15, 0.2) is 0 Å². The zero-order valence-corrected chi connectivity index (χ0v) is 17.9. The number of ether oxygens (including phenoxy) is 2. The number of carboxylic acid groups (broad SMARTS) is 2. The number of aliphatic carboxylic acids is 2. The Bertz CT molecular complexity index is 555. The van der Waals surface area contributed by atoms with Crippen molar-refractivity contribution in [3.63, 3.8) is 0 Å². The van der Waals surface area contributed by atoms with Crippen molar-refractivity contribution < 1.29 is 38.9 Å². The highest BCUT2D eigenvalue weighted by molar-refractivity contribution is 7.99. The molecule has 0 aliphatic heterocycles. The van der Waals surface area contributed by atoms with E-state index in [1.165, 1.54) is 0 Å². The van der Waals surface area contributed by atoms with Gasteiger partial charge in [0.25, 0.3) is 0 Å². The number of hydrogen-bond acceptors (Lipinski definition) is 8. The molecule has 4 N–H and O–H groups in total. The molecular formula is C17H30N2O8S. The maximum Gasteiger partial charge on any atom is 0.420 e. The number of nitrogens with two attached hydrogens (primary N) is 1. The van der Waals surface area contributed by atoms with E-state index in [4.69, 9.17) is 20.3 Å². The number of rotatable bonds is 8. The summed E-state index contributed by atoms with van der Waals surface area (Å²) in [5.74, 6) is -2.38. The first-order valence-electron chi connectivity index (χ1n) is 8.59. The molecule has 0 unspecified atom stereocenters.